The molecule has 1 aliphatic carbocycles. The molecule has 0 saturated carbocycles. The van der Waals surface area contributed by atoms with Crippen molar-refractivity contribution in [2.45, 2.75) is 40.0 Å². The molecule has 0 spiro atoms. The second-order valence-corrected chi connectivity index (χ2v) is 4.72. The predicted molar refractivity (Wildman–Crippen MR) is 70.7 cm³/mol. The molecule has 2 aliphatic rings. The highest BCUT2D eigenvalue weighted by molar-refractivity contribution is 8.03. The smallest absolute Gasteiger partial charge is 0.0114 e. The normalized spacial score (nSPS) is 20.5. The van der Waals surface area contributed by atoms with E-state index < -0.39 is 0 Å². The van der Waals surface area contributed by atoms with Gasteiger partial charge in [-0.2, -0.15) is 0 Å². The van der Waals surface area contributed by atoms with Crippen molar-refractivity contribution in [3.05, 3.63) is 33.9 Å². The van der Waals surface area contributed by atoms with Gasteiger partial charge < -0.3 is 5.73 Å². The van der Waals surface area contributed by atoms with Crippen molar-refractivity contribution in [1.82, 2.24) is 0 Å². The van der Waals surface area contributed by atoms with Crippen molar-refractivity contribution < 1.29 is 0 Å². The second kappa shape index (κ2) is 6.06. The van der Waals surface area contributed by atoms with Crippen LogP contribution in [0.5, 0.6) is 0 Å². The Morgan fingerprint density at radius 3 is 2.53 bits per heavy atom. The van der Waals surface area contributed by atoms with Crippen molar-refractivity contribution in [3.8, 4) is 0 Å². The van der Waals surface area contributed by atoms with Crippen LogP contribution in [0.4, 0.5) is 0 Å². The van der Waals surface area contributed by atoms with E-state index in [1.807, 2.05) is 25.6 Å². The van der Waals surface area contributed by atoms with Crippen LogP contribution in [0.1, 0.15) is 40.0 Å². The molecule has 0 aromatic rings. The Morgan fingerprint density at radius 1 is 1.27 bits per heavy atom. The van der Waals surface area contributed by atoms with Crippen LogP contribution in [0.2, 0.25) is 0 Å². The van der Waals surface area contributed by atoms with Crippen LogP contribution in [0.15, 0.2) is 33.9 Å². The lowest BCUT2D eigenvalue weighted by atomic mass is 9.97. The Kier molecular flexibility index (Phi) is 5.03. The number of rotatable bonds is 1. The fraction of sp³-hybridized carbons (Fsp3) is 0.538. The number of hydrogen-bond acceptors (Lipinski definition) is 2. The summed E-state index contributed by atoms with van der Waals surface area (Å²) in [5, 5.41) is 0. The quantitative estimate of drug-likeness (QED) is 0.727. The van der Waals surface area contributed by atoms with Gasteiger partial charge >= 0.3 is 0 Å². The van der Waals surface area contributed by atoms with E-state index in [1.165, 1.54) is 28.2 Å². The Balaban J connectivity index is 0.000000531. The van der Waals surface area contributed by atoms with Gasteiger partial charge in [-0.15, -0.1) is 11.8 Å². The van der Waals surface area contributed by atoms with Crippen LogP contribution in [-0.2, 0) is 0 Å². The largest absolute Gasteiger partial charge is 0.402 e. The molecule has 0 aromatic carbocycles. The summed E-state index contributed by atoms with van der Waals surface area (Å²) in [6.45, 7) is 6.11. The second-order valence-electron chi connectivity index (χ2n) is 3.58. The minimum atomic E-state index is 1.04. The Morgan fingerprint density at radius 2 is 2.00 bits per heavy atom. The minimum absolute atomic E-state index is 1.04. The lowest BCUT2D eigenvalue weighted by Crippen LogP contribution is -2.05. The van der Waals surface area contributed by atoms with Crippen LogP contribution < -0.4 is 5.73 Å². The molecule has 0 atom stereocenters. The molecule has 15 heavy (non-hydrogen) atoms. The molecule has 0 bridgehead atoms. The van der Waals surface area contributed by atoms with Crippen LogP contribution in [0.25, 0.3) is 0 Å². The molecular weight excluding hydrogens is 202 g/mol. The van der Waals surface area contributed by atoms with Gasteiger partial charge in [0.15, 0.2) is 0 Å². The first-order chi connectivity index (χ1) is 7.27. The molecule has 2 rings (SSSR count). The van der Waals surface area contributed by atoms with E-state index in [4.69, 9.17) is 5.73 Å². The van der Waals surface area contributed by atoms with E-state index in [-0.39, 0.29) is 0 Å². The van der Waals surface area contributed by atoms with Gasteiger partial charge in [-0.25, -0.2) is 0 Å². The third kappa shape index (κ3) is 3.16. The monoisotopic (exact) mass is 223 g/mol. The SMILES string of the molecule is CC.CC1=C(N)CCC(C2=CCCS2)=C1. The maximum absolute atomic E-state index is 5.85. The van der Waals surface area contributed by atoms with E-state index in [1.54, 1.807) is 0 Å². The Labute approximate surface area is 97.5 Å². The van der Waals surface area contributed by atoms with E-state index in [0.29, 0.717) is 0 Å². The van der Waals surface area contributed by atoms with E-state index in [0.717, 1.165) is 18.5 Å². The first kappa shape index (κ1) is 12.4. The summed E-state index contributed by atoms with van der Waals surface area (Å²) in [4.78, 5) is 1.49. The van der Waals surface area contributed by atoms with Gasteiger partial charge in [-0.3, -0.25) is 0 Å². The molecule has 1 heterocycles. The predicted octanol–water partition coefficient (Wildman–Crippen LogP) is 3.99. The van der Waals surface area contributed by atoms with Crippen molar-refractivity contribution in [2.24, 2.45) is 5.73 Å². The van der Waals surface area contributed by atoms with Gasteiger partial charge in [0.2, 0.25) is 0 Å². The van der Waals surface area contributed by atoms with Crippen molar-refractivity contribution in [3.63, 3.8) is 0 Å². The third-order valence-electron chi connectivity index (χ3n) is 2.58. The number of allylic oxidation sites excluding steroid dienone is 5. The summed E-state index contributed by atoms with van der Waals surface area (Å²) < 4.78 is 0. The molecule has 0 fully saturated rings. The average molecular weight is 223 g/mol. The average Bonchev–Trinajstić information content (AvgIpc) is 2.78. The molecule has 2 N–H and O–H groups in total. The third-order valence-corrected chi connectivity index (χ3v) is 3.76. The van der Waals surface area contributed by atoms with Crippen molar-refractivity contribution >= 4 is 11.8 Å². The zero-order valence-corrected chi connectivity index (χ0v) is 10.8. The van der Waals surface area contributed by atoms with Crippen LogP contribution in [-0.4, -0.2) is 5.75 Å². The highest BCUT2D eigenvalue weighted by atomic mass is 32.2. The summed E-state index contributed by atoms with van der Waals surface area (Å²) in [7, 11) is 0. The van der Waals surface area contributed by atoms with Gasteiger partial charge in [0.05, 0.1) is 0 Å². The summed E-state index contributed by atoms with van der Waals surface area (Å²) in [5.74, 6) is 1.25. The zero-order valence-electron chi connectivity index (χ0n) is 9.97. The lowest BCUT2D eigenvalue weighted by Gasteiger charge is -2.15. The molecule has 0 unspecified atom stereocenters. The summed E-state index contributed by atoms with van der Waals surface area (Å²) in [5.41, 5.74) is 9.66. The molecule has 1 nitrogen and oxygen atoms in total. The molecule has 0 radical (unpaired) electrons. The van der Waals surface area contributed by atoms with Crippen molar-refractivity contribution in [1.29, 1.82) is 0 Å². The summed E-state index contributed by atoms with van der Waals surface area (Å²) >= 11 is 1.98. The van der Waals surface area contributed by atoms with Gasteiger partial charge in [0.25, 0.3) is 0 Å². The molecule has 2 heteroatoms. The fourth-order valence-corrected chi connectivity index (χ4v) is 2.77. The van der Waals surface area contributed by atoms with E-state index in [2.05, 4.69) is 19.1 Å². The van der Waals surface area contributed by atoms with Gasteiger partial charge in [-0.05, 0) is 37.3 Å². The van der Waals surface area contributed by atoms with Crippen LogP contribution >= 0.6 is 11.8 Å². The van der Waals surface area contributed by atoms with E-state index >= 15 is 0 Å². The first-order valence-electron chi connectivity index (χ1n) is 5.76. The number of hydrogen-bond donors (Lipinski definition) is 1. The minimum Gasteiger partial charge on any atom is -0.402 e. The summed E-state index contributed by atoms with van der Waals surface area (Å²) in [6, 6.07) is 0. The van der Waals surface area contributed by atoms with Gasteiger partial charge in [-0.1, -0.05) is 26.0 Å². The zero-order chi connectivity index (χ0) is 11.3. The lowest BCUT2D eigenvalue weighted by molar-refractivity contribution is 0.889. The van der Waals surface area contributed by atoms with Crippen LogP contribution in [0, 0.1) is 0 Å². The molecule has 0 amide bonds. The number of thioether (sulfide) groups is 1. The standard InChI is InChI=1S/C11H15NS.C2H6/c1-8-7-9(4-5-10(8)12)11-3-2-6-13-11;1-2/h3,7H,2,4-6,12H2,1H3;1-2H3. The maximum atomic E-state index is 5.85. The molecule has 0 saturated heterocycles. The Bertz CT molecular complexity index is 310. The first-order valence-corrected chi connectivity index (χ1v) is 6.75. The summed E-state index contributed by atoms with van der Waals surface area (Å²) in [6.07, 6.45) is 8.00. The maximum Gasteiger partial charge on any atom is 0.0114 e. The number of nitrogens with two attached hydrogens (primary N) is 1. The van der Waals surface area contributed by atoms with Gasteiger partial charge in [0, 0.05) is 16.4 Å². The highest BCUT2D eigenvalue weighted by Crippen LogP contribution is 2.36. The molecule has 84 valence electrons. The molecular formula is C13H21NS. The van der Waals surface area contributed by atoms with Crippen LogP contribution in [0.3, 0.4) is 0 Å². The van der Waals surface area contributed by atoms with Crippen molar-refractivity contribution in [2.75, 3.05) is 5.75 Å². The topological polar surface area (TPSA) is 26.0 Å². The van der Waals surface area contributed by atoms with E-state index in [9.17, 15) is 0 Å². The molecule has 0 aromatic heterocycles. The highest BCUT2D eigenvalue weighted by Gasteiger charge is 2.14. The fourth-order valence-electron chi connectivity index (χ4n) is 1.73. The van der Waals surface area contributed by atoms with Gasteiger partial charge in [0.1, 0.15) is 0 Å². The molecule has 1 aliphatic heterocycles. The Hall–Kier alpha value is -0.630.